The maximum Gasteiger partial charge on any atom is 0.135 e. The van der Waals surface area contributed by atoms with E-state index in [2.05, 4.69) is 6.92 Å². The Morgan fingerprint density at radius 1 is 1.09 bits per heavy atom. The van der Waals surface area contributed by atoms with E-state index in [4.69, 9.17) is 4.42 Å². The number of hydrogen-bond acceptors (Lipinski definition) is 2. The molecule has 2 aromatic carbocycles. The number of hydrogen-bond donors (Lipinski definition) is 1. The summed E-state index contributed by atoms with van der Waals surface area (Å²) < 4.78 is 19.0. The van der Waals surface area contributed by atoms with Crippen LogP contribution in [0.25, 0.3) is 11.0 Å². The average molecular weight is 298 g/mol. The fourth-order valence-corrected chi connectivity index (χ4v) is 2.92. The van der Waals surface area contributed by atoms with Crippen molar-refractivity contribution in [3.63, 3.8) is 0 Å². The van der Waals surface area contributed by atoms with Gasteiger partial charge in [-0.1, -0.05) is 25.5 Å². The first kappa shape index (κ1) is 14.6. The zero-order valence-corrected chi connectivity index (χ0v) is 12.8. The highest BCUT2D eigenvalue weighted by atomic mass is 19.1. The number of furan rings is 1. The summed E-state index contributed by atoms with van der Waals surface area (Å²) in [6.07, 6.45) is 2.40. The fraction of sp³-hybridized carbons (Fsp3) is 0.263. The minimum absolute atomic E-state index is 0.236. The SMILES string of the molecule is CCCc1c(O)ccc2oc(Cc3ccc(F)cc3)c(C)c12. The van der Waals surface area contributed by atoms with Crippen LogP contribution in [0.5, 0.6) is 5.75 Å². The Hall–Kier alpha value is -2.29. The second kappa shape index (κ2) is 5.84. The van der Waals surface area contributed by atoms with Gasteiger partial charge in [0.15, 0.2) is 0 Å². The van der Waals surface area contributed by atoms with Gasteiger partial charge in [-0.2, -0.15) is 0 Å². The molecule has 0 spiro atoms. The van der Waals surface area contributed by atoms with E-state index in [0.29, 0.717) is 12.2 Å². The summed E-state index contributed by atoms with van der Waals surface area (Å²) in [5.74, 6) is 0.955. The molecule has 114 valence electrons. The summed E-state index contributed by atoms with van der Waals surface area (Å²) in [6.45, 7) is 4.11. The number of aryl methyl sites for hydroxylation is 2. The molecule has 0 unspecified atom stereocenters. The Bertz CT molecular complexity index is 800. The van der Waals surface area contributed by atoms with Crippen molar-refractivity contribution in [2.24, 2.45) is 0 Å². The number of benzene rings is 2. The number of halogens is 1. The third kappa shape index (κ3) is 2.59. The third-order valence-electron chi connectivity index (χ3n) is 4.05. The van der Waals surface area contributed by atoms with Crippen molar-refractivity contribution < 1.29 is 13.9 Å². The molecule has 0 aliphatic heterocycles. The van der Waals surface area contributed by atoms with Crippen LogP contribution in [-0.4, -0.2) is 5.11 Å². The highest BCUT2D eigenvalue weighted by Crippen LogP contribution is 2.35. The van der Waals surface area contributed by atoms with Gasteiger partial charge in [0.2, 0.25) is 0 Å². The van der Waals surface area contributed by atoms with Gasteiger partial charge in [0.05, 0.1) is 0 Å². The Kier molecular flexibility index (Phi) is 3.88. The molecule has 1 N–H and O–H groups in total. The largest absolute Gasteiger partial charge is 0.508 e. The Balaban J connectivity index is 2.06. The number of phenols is 1. The molecule has 0 saturated heterocycles. The number of rotatable bonds is 4. The van der Waals surface area contributed by atoms with Crippen LogP contribution < -0.4 is 0 Å². The summed E-state index contributed by atoms with van der Waals surface area (Å²) in [5, 5.41) is 11.1. The minimum atomic E-state index is -0.236. The normalized spacial score (nSPS) is 11.2. The van der Waals surface area contributed by atoms with Crippen LogP contribution >= 0.6 is 0 Å². The quantitative estimate of drug-likeness (QED) is 0.724. The van der Waals surface area contributed by atoms with E-state index in [1.165, 1.54) is 12.1 Å². The highest BCUT2D eigenvalue weighted by molar-refractivity contribution is 5.87. The summed E-state index contributed by atoms with van der Waals surface area (Å²) in [4.78, 5) is 0. The van der Waals surface area contributed by atoms with Gasteiger partial charge < -0.3 is 9.52 Å². The van der Waals surface area contributed by atoms with Crippen molar-refractivity contribution in [1.29, 1.82) is 0 Å². The van der Waals surface area contributed by atoms with Crippen LogP contribution in [0.3, 0.4) is 0 Å². The lowest BCUT2D eigenvalue weighted by molar-refractivity contribution is 0.468. The third-order valence-corrected chi connectivity index (χ3v) is 4.05. The molecule has 0 amide bonds. The van der Waals surface area contributed by atoms with Gasteiger partial charge in [0.1, 0.15) is 22.9 Å². The van der Waals surface area contributed by atoms with Crippen molar-refractivity contribution in [1.82, 2.24) is 0 Å². The predicted octanol–water partition coefficient (Wildman–Crippen LogP) is 5.13. The second-order valence-corrected chi connectivity index (χ2v) is 5.64. The van der Waals surface area contributed by atoms with Gasteiger partial charge in [0, 0.05) is 17.4 Å². The summed E-state index contributed by atoms with van der Waals surface area (Å²) in [6, 6.07) is 9.96. The number of fused-ring (bicyclic) bond motifs is 1. The van der Waals surface area contributed by atoms with Crippen LogP contribution in [-0.2, 0) is 12.8 Å². The molecular weight excluding hydrogens is 279 g/mol. The molecule has 3 aromatic rings. The van der Waals surface area contributed by atoms with Crippen molar-refractivity contribution >= 4 is 11.0 Å². The van der Waals surface area contributed by atoms with Gasteiger partial charge in [-0.3, -0.25) is 0 Å². The van der Waals surface area contributed by atoms with E-state index < -0.39 is 0 Å². The first-order valence-electron chi connectivity index (χ1n) is 7.57. The molecule has 0 fully saturated rings. The molecule has 0 saturated carbocycles. The first-order chi connectivity index (χ1) is 10.6. The summed E-state index contributed by atoms with van der Waals surface area (Å²) in [7, 11) is 0. The number of phenolic OH excluding ortho intramolecular Hbond substituents is 1. The molecule has 1 aromatic heterocycles. The Labute approximate surface area is 129 Å². The molecule has 22 heavy (non-hydrogen) atoms. The van der Waals surface area contributed by atoms with Crippen LogP contribution in [0.4, 0.5) is 4.39 Å². The molecule has 3 rings (SSSR count). The number of aromatic hydroxyl groups is 1. The summed E-state index contributed by atoms with van der Waals surface area (Å²) >= 11 is 0. The van der Waals surface area contributed by atoms with E-state index in [1.54, 1.807) is 18.2 Å². The van der Waals surface area contributed by atoms with E-state index in [9.17, 15) is 9.50 Å². The van der Waals surface area contributed by atoms with Crippen LogP contribution in [0.1, 0.15) is 35.8 Å². The van der Waals surface area contributed by atoms with E-state index in [1.807, 2.05) is 13.0 Å². The van der Waals surface area contributed by atoms with Crippen molar-refractivity contribution in [3.8, 4) is 5.75 Å². The lowest BCUT2D eigenvalue weighted by Crippen LogP contribution is -1.90. The predicted molar refractivity (Wildman–Crippen MR) is 85.8 cm³/mol. The van der Waals surface area contributed by atoms with Crippen LogP contribution in [0.2, 0.25) is 0 Å². The van der Waals surface area contributed by atoms with Gasteiger partial charge in [0.25, 0.3) is 0 Å². The second-order valence-electron chi connectivity index (χ2n) is 5.64. The van der Waals surface area contributed by atoms with E-state index in [0.717, 1.165) is 46.3 Å². The standard InChI is InChI=1S/C19H19FO2/c1-3-4-15-16(21)9-10-17-19(15)12(2)18(22-17)11-13-5-7-14(20)8-6-13/h5-10,21H,3-4,11H2,1-2H3. The van der Waals surface area contributed by atoms with Crippen LogP contribution in [0.15, 0.2) is 40.8 Å². The van der Waals surface area contributed by atoms with Gasteiger partial charge in [-0.05, 0) is 48.7 Å². The monoisotopic (exact) mass is 298 g/mol. The molecule has 0 aliphatic rings. The van der Waals surface area contributed by atoms with E-state index >= 15 is 0 Å². The molecular formula is C19H19FO2. The van der Waals surface area contributed by atoms with Crippen molar-refractivity contribution in [2.45, 2.75) is 33.1 Å². The molecule has 3 heteroatoms. The fourth-order valence-electron chi connectivity index (χ4n) is 2.92. The van der Waals surface area contributed by atoms with Crippen LogP contribution in [0, 0.1) is 12.7 Å². The first-order valence-corrected chi connectivity index (χ1v) is 7.57. The zero-order chi connectivity index (χ0) is 15.7. The minimum Gasteiger partial charge on any atom is -0.508 e. The van der Waals surface area contributed by atoms with Crippen molar-refractivity contribution in [3.05, 3.63) is 64.7 Å². The molecule has 0 bridgehead atoms. The topological polar surface area (TPSA) is 33.4 Å². The summed E-state index contributed by atoms with van der Waals surface area (Å²) in [5.41, 5.74) is 3.81. The molecule has 0 atom stereocenters. The van der Waals surface area contributed by atoms with E-state index in [-0.39, 0.29) is 5.82 Å². The lowest BCUT2D eigenvalue weighted by atomic mass is 9.99. The van der Waals surface area contributed by atoms with Gasteiger partial charge in [-0.15, -0.1) is 0 Å². The molecule has 1 heterocycles. The molecule has 0 aliphatic carbocycles. The van der Waals surface area contributed by atoms with Crippen molar-refractivity contribution in [2.75, 3.05) is 0 Å². The zero-order valence-electron chi connectivity index (χ0n) is 12.8. The molecule has 2 nitrogen and oxygen atoms in total. The van der Waals surface area contributed by atoms with Gasteiger partial charge in [-0.25, -0.2) is 4.39 Å². The highest BCUT2D eigenvalue weighted by Gasteiger charge is 2.16. The molecule has 0 radical (unpaired) electrons. The smallest absolute Gasteiger partial charge is 0.135 e. The Morgan fingerprint density at radius 2 is 1.82 bits per heavy atom. The maximum atomic E-state index is 13.0. The average Bonchev–Trinajstić information content (AvgIpc) is 2.81. The van der Waals surface area contributed by atoms with Gasteiger partial charge >= 0.3 is 0 Å². The Morgan fingerprint density at radius 3 is 2.50 bits per heavy atom. The maximum absolute atomic E-state index is 13.0. The lowest BCUT2D eigenvalue weighted by Gasteiger charge is -2.05.